The molecule has 0 bridgehead atoms. The molecule has 0 rings (SSSR count). The summed E-state index contributed by atoms with van der Waals surface area (Å²) >= 11 is 0. The van der Waals surface area contributed by atoms with Crippen molar-refractivity contribution in [2.24, 2.45) is 0 Å². The van der Waals surface area contributed by atoms with Gasteiger partial charge in [0.2, 0.25) is 5.60 Å². The van der Waals surface area contributed by atoms with Crippen LogP contribution in [0.25, 0.3) is 0 Å². The molecule has 0 amide bonds. The predicted molar refractivity (Wildman–Crippen MR) is 73.1 cm³/mol. The average Bonchev–Trinajstić information content (AvgIpc) is 2.39. The summed E-state index contributed by atoms with van der Waals surface area (Å²) in [6.45, 7) is 8.58. The first-order valence-corrected chi connectivity index (χ1v) is 6.72. The largest absolute Gasteiger partial charge is 0.483 e. The first-order chi connectivity index (χ1) is 9.95. The fraction of sp³-hybridized carbons (Fsp3) is 0.643. The van der Waals surface area contributed by atoms with Gasteiger partial charge < -0.3 is 18.9 Å². The van der Waals surface area contributed by atoms with E-state index >= 15 is 0 Å². The molecule has 120 valence electrons. The van der Waals surface area contributed by atoms with E-state index in [1.54, 1.807) is 20.8 Å². The van der Waals surface area contributed by atoms with Gasteiger partial charge in [-0.2, -0.15) is 0 Å². The Morgan fingerprint density at radius 1 is 0.905 bits per heavy atom. The van der Waals surface area contributed by atoms with Gasteiger partial charge in [-0.25, -0.2) is 4.79 Å². The molecule has 0 aliphatic heterocycles. The average molecular weight is 302 g/mol. The lowest BCUT2D eigenvalue weighted by atomic mass is 9.95. The van der Waals surface area contributed by atoms with Crippen molar-refractivity contribution in [1.82, 2.24) is 0 Å². The highest BCUT2D eigenvalue weighted by Crippen LogP contribution is 2.25. The van der Waals surface area contributed by atoms with E-state index < -0.39 is 36.4 Å². The van der Waals surface area contributed by atoms with Gasteiger partial charge in [0.1, 0.15) is 0 Å². The molecule has 0 N–H and O–H groups in total. The Bertz CT molecular complexity index is 356. The van der Waals surface area contributed by atoms with E-state index in [1.807, 2.05) is 0 Å². The molecule has 0 heterocycles. The molecular weight excluding hydrogens is 280 g/mol. The van der Waals surface area contributed by atoms with Crippen LogP contribution in [0.2, 0.25) is 0 Å². The Morgan fingerprint density at radius 3 is 1.67 bits per heavy atom. The second-order valence-electron chi connectivity index (χ2n) is 3.96. The monoisotopic (exact) mass is 302 g/mol. The molecule has 0 saturated heterocycles. The summed E-state index contributed by atoms with van der Waals surface area (Å²) in [5.74, 6) is -2.21. The summed E-state index contributed by atoms with van der Waals surface area (Å²) in [7, 11) is 0. The second-order valence-corrected chi connectivity index (χ2v) is 3.96. The van der Waals surface area contributed by atoms with Crippen molar-refractivity contribution in [1.29, 1.82) is 0 Å². The molecule has 0 saturated carbocycles. The van der Waals surface area contributed by atoms with Crippen LogP contribution in [0.5, 0.6) is 0 Å². The molecule has 0 aromatic rings. The Kier molecular flexibility index (Phi) is 8.84. The first kappa shape index (κ1) is 18.9. The molecule has 0 aliphatic rings. The Balaban J connectivity index is 5.30. The lowest BCUT2D eigenvalue weighted by Crippen LogP contribution is -2.46. The molecule has 7 nitrogen and oxygen atoms in total. The number of esters is 3. The van der Waals surface area contributed by atoms with Crippen molar-refractivity contribution >= 4 is 17.9 Å². The highest BCUT2D eigenvalue weighted by Gasteiger charge is 2.47. The van der Waals surface area contributed by atoms with Crippen molar-refractivity contribution in [3.8, 4) is 0 Å². The number of carbonyl (C=O) groups excluding carboxylic acids is 3. The van der Waals surface area contributed by atoms with Crippen LogP contribution in [0.4, 0.5) is 0 Å². The molecule has 0 radical (unpaired) electrons. The van der Waals surface area contributed by atoms with Gasteiger partial charge in [-0.1, -0.05) is 6.58 Å². The molecular formula is C14H22O7. The van der Waals surface area contributed by atoms with Gasteiger partial charge in [-0.05, 0) is 20.8 Å². The maximum absolute atomic E-state index is 12.1. The number of hydrogen-bond acceptors (Lipinski definition) is 7. The normalized spacial score (nSPS) is 10.4. The highest BCUT2D eigenvalue weighted by molar-refractivity contribution is 5.90. The quantitative estimate of drug-likeness (QED) is 0.342. The SMILES string of the molecule is C=COC(CC(=O)OCC)(CC(=O)OCC)C(=O)OCC. The number of hydrogen-bond donors (Lipinski definition) is 0. The van der Waals surface area contributed by atoms with E-state index in [0.717, 1.165) is 6.26 Å². The molecule has 0 unspecified atom stereocenters. The minimum absolute atomic E-state index is 0.0761. The van der Waals surface area contributed by atoms with Gasteiger partial charge >= 0.3 is 17.9 Å². The summed E-state index contributed by atoms with van der Waals surface area (Å²) in [5.41, 5.74) is -1.82. The van der Waals surface area contributed by atoms with Gasteiger partial charge in [0.15, 0.2) is 0 Å². The van der Waals surface area contributed by atoms with Crippen LogP contribution in [0.1, 0.15) is 33.6 Å². The van der Waals surface area contributed by atoms with E-state index in [-0.39, 0.29) is 19.8 Å². The molecule has 7 heteroatoms. The van der Waals surface area contributed by atoms with Crippen LogP contribution in [0.15, 0.2) is 12.8 Å². The third-order valence-corrected chi connectivity index (χ3v) is 2.43. The topological polar surface area (TPSA) is 88.1 Å². The number of ether oxygens (including phenoxy) is 4. The second kappa shape index (κ2) is 9.79. The van der Waals surface area contributed by atoms with E-state index in [4.69, 9.17) is 18.9 Å². The van der Waals surface area contributed by atoms with Crippen LogP contribution >= 0.6 is 0 Å². The molecule has 0 atom stereocenters. The number of carbonyl (C=O) groups is 3. The van der Waals surface area contributed by atoms with Crippen molar-refractivity contribution < 1.29 is 33.3 Å². The molecule has 0 fully saturated rings. The van der Waals surface area contributed by atoms with Crippen molar-refractivity contribution in [3.63, 3.8) is 0 Å². The summed E-state index contributed by atoms with van der Waals surface area (Å²) in [4.78, 5) is 35.5. The number of rotatable bonds is 10. The molecule has 0 spiro atoms. The summed E-state index contributed by atoms with van der Waals surface area (Å²) in [6, 6.07) is 0. The maximum atomic E-state index is 12.1. The third-order valence-electron chi connectivity index (χ3n) is 2.43. The van der Waals surface area contributed by atoms with Crippen molar-refractivity contribution in [2.75, 3.05) is 19.8 Å². The van der Waals surface area contributed by atoms with Crippen LogP contribution in [-0.4, -0.2) is 43.3 Å². The minimum atomic E-state index is -1.82. The van der Waals surface area contributed by atoms with Crippen molar-refractivity contribution in [3.05, 3.63) is 12.8 Å². The van der Waals surface area contributed by atoms with Gasteiger partial charge in [-0.15, -0.1) is 0 Å². The van der Waals surface area contributed by atoms with E-state index in [1.165, 1.54) is 0 Å². The standard InChI is InChI=1S/C14H22O7/c1-5-18-11(15)9-14(21-8-4,13(17)20-7-3)10-12(16)19-6-2/h8H,4-7,9-10H2,1-3H3. The zero-order valence-corrected chi connectivity index (χ0v) is 12.7. The van der Waals surface area contributed by atoms with Crippen LogP contribution < -0.4 is 0 Å². The lowest BCUT2D eigenvalue weighted by molar-refractivity contribution is -0.178. The van der Waals surface area contributed by atoms with Gasteiger partial charge in [0, 0.05) is 0 Å². The fourth-order valence-electron chi connectivity index (χ4n) is 1.65. The van der Waals surface area contributed by atoms with E-state index in [9.17, 15) is 14.4 Å². The van der Waals surface area contributed by atoms with Crippen LogP contribution in [0, 0.1) is 0 Å². The summed E-state index contributed by atoms with van der Waals surface area (Å²) in [6.07, 6.45) is 0.0460. The lowest BCUT2D eigenvalue weighted by Gasteiger charge is -2.28. The van der Waals surface area contributed by atoms with E-state index in [0.29, 0.717) is 0 Å². The van der Waals surface area contributed by atoms with Gasteiger partial charge in [-0.3, -0.25) is 9.59 Å². The Hall–Kier alpha value is -2.05. The zero-order valence-electron chi connectivity index (χ0n) is 12.7. The smallest absolute Gasteiger partial charge is 0.351 e. The third kappa shape index (κ3) is 6.29. The van der Waals surface area contributed by atoms with Crippen LogP contribution in [-0.2, 0) is 33.3 Å². The molecule has 21 heavy (non-hydrogen) atoms. The Morgan fingerprint density at radius 2 is 1.33 bits per heavy atom. The van der Waals surface area contributed by atoms with Gasteiger partial charge in [0.05, 0.1) is 38.9 Å². The molecule has 0 aromatic carbocycles. The predicted octanol–water partition coefficient (Wildman–Crippen LogP) is 1.35. The zero-order chi connectivity index (χ0) is 16.3. The first-order valence-electron chi connectivity index (χ1n) is 6.72. The molecule has 0 aromatic heterocycles. The Labute approximate surface area is 124 Å². The maximum Gasteiger partial charge on any atom is 0.351 e. The van der Waals surface area contributed by atoms with Crippen molar-refractivity contribution in [2.45, 2.75) is 39.2 Å². The summed E-state index contributed by atoms with van der Waals surface area (Å²) in [5, 5.41) is 0. The highest BCUT2D eigenvalue weighted by atomic mass is 16.6. The van der Waals surface area contributed by atoms with Gasteiger partial charge in [0.25, 0.3) is 0 Å². The summed E-state index contributed by atoms with van der Waals surface area (Å²) < 4.78 is 19.7. The molecule has 0 aliphatic carbocycles. The van der Waals surface area contributed by atoms with E-state index in [2.05, 4.69) is 6.58 Å². The fourth-order valence-corrected chi connectivity index (χ4v) is 1.65. The van der Waals surface area contributed by atoms with Crippen LogP contribution in [0.3, 0.4) is 0 Å². The minimum Gasteiger partial charge on any atom is -0.483 e.